The Hall–Kier alpha value is -2.83. The molecule has 0 fully saturated rings. The number of methoxy groups -OCH3 is 1. The number of H-pyrrole nitrogens is 1. The Morgan fingerprint density at radius 3 is 2.80 bits per heavy atom. The highest BCUT2D eigenvalue weighted by Gasteiger charge is 2.12. The number of rotatable bonds is 4. The van der Waals surface area contributed by atoms with E-state index in [1.165, 1.54) is 13.2 Å². The number of aliphatic carboxylic acids is 1. The third-order valence-corrected chi connectivity index (χ3v) is 2.70. The molecule has 104 valence electrons. The summed E-state index contributed by atoms with van der Waals surface area (Å²) in [4.78, 5) is 37.0. The molecule has 0 spiro atoms. The van der Waals surface area contributed by atoms with Crippen molar-refractivity contribution in [2.45, 2.75) is 6.42 Å². The van der Waals surface area contributed by atoms with E-state index in [0.717, 1.165) is 10.8 Å². The summed E-state index contributed by atoms with van der Waals surface area (Å²) in [6.07, 6.45) is 0.662. The van der Waals surface area contributed by atoms with Crippen molar-refractivity contribution in [2.24, 2.45) is 0 Å². The van der Waals surface area contributed by atoms with E-state index in [0.29, 0.717) is 11.4 Å². The second-order valence-electron chi connectivity index (χ2n) is 4.03. The quantitative estimate of drug-likeness (QED) is 0.828. The number of nitrogens with zero attached hydrogens (tertiary/aromatic N) is 1. The Bertz CT molecular complexity index is 760. The molecule has 20 heavy (non-hydrogen) atoms. The van der Waals surface area contributed by atoms with Gasteiger partial charge in [-0.2, -0.15) is 0 Å². The van der Waals surface area contributed by atoms with Gasteiger partial charge in [-0.05, 0) is 12.1 Å². The van der Waals surface area contributed by atoms with E-state index in [1.807, 2.05) is 0 Å². The highest BCUT2D eigenvalue weighted by atomic mass is 16.5. The number of carbonyl (C=O) groups is 1. The van der Waals surface area contributed by atoms with Crippen LogP contribution in [0.2, 0.25) is 0 Å². The minimum atomic E-state index is -1.15. The van der Waals surface area contributed by atoms with Gasteiger partial charge in [-0.25, -0.2) is 9.36 Å². The molecule has 0 saturated heterocycles. The number of ether oxygens (including phenoxy) is 1. The van der Waals surface area contributed by atoms with Gasteiger partial charge in [0, 0.05) is 17.8 Å². The maximum atomic E-state index is 12.2. The molecule has 0 aliphatic carbocycles. The van der Waals surface area contributed by atoms with Crippen LogP contribution in [0, 0.1) is 0 Å². The van der Waals surface area contributed by atoms with Crippen LogP contribution < -0.4 is 16.0 Å². The predicted molar refractivity (Wildman–Crippen MR) is 70.6 cm³/mol. The van der Waals surface area contributed by atoms with Gasteiger partial charge < -0.3 is 14.8 Å². The minimum Gasteiger partial charge on any atom is -0.497 e. The molecule has 0 radical (unpaired) electrons. The van der Waals surface area contributed by atoms with E-state index in [4.69, 9.17) is 9.84 Å². The smallest absolute Gasteiger partial charge is 0.333 e. The first-order valence-corrected chi connectivity index (χ1v) is 5.72. The zero-order chi connectivity index (χ0) is 14.7. The Balaban J connectivity index is 2.63. The van der Waals surface area contributed by atoms with Crippen molar-refractivity contribution in [1.82, 2.24) is 9.55 Å². The van der Waals surface area contributed by atoms with E-state index < -0.39 is 23.6 Å². The van der Waals surface area contributed by atoms with E-state index in [-0.39, 0.29) is 5.56 Å². The molecule has 7 nitrogen and oxygen atoms in total. The van der Waals surface area contributed by atoms with Crippen molar-refractivity contribution in [3.05, 3.63) is 56.9 Å². The average molecular weight is 276 g/mol. The van der Waals surface area contributed by atoms with Gasteiger partial charge in [0.2, 0.25) is 0 Å². The molecule has 0 atom stereocenters. The molecular formula is C13H12N2O5. The lowest BCUT2D eigenvalue weighted by Crippen LogP contribution is -2.36. The van der Waals surface area contributed by atoms with Crippen molar-refractivity contribution in [1.29, 1.82) is 0 Å². The normalized spacial score (nSPS) is 10.2. The van der Waals surface area contributed by atoms with Gasteiger partial charge in [0.05, 0.1) is 19.2 Å². The van der Waals surface area contributed by atoms with Gasteiger partial charge in [-0.1, -0.05) is 6.07 Å². The van der Waals surface area contributed by atoms with Crippen LogP contribution in [-0.2, 0) is 11.2 Å². The van der Waals surface area contributed by atoms with Gasteiger partial charge in [-0.3, -0.25) is 9.59 Å². The molecular weight excluding hydrogens is 264 g/mol. The summed E-state index contributed by atoms with van der Waals surface area (Å²) in [7, 11) is 1.47. The fourth-order valence-electron chi connectivity index (χ4n) is 1.78. The first kappa shape index (κ1) is 13.6. The summed E-state index contributed by atoms with van der Waals surface area (Å²) >= 11 is 0. The van der Waals surface area contributed by atoms with Crippen LogP contribution in [0.4, 0.5) is 0 Å². The maximum absolute atomic E-state index is 12.2. The largest absolute Gasteiger partial charge is 0.497 e. The van der Waals surface area contributed by atoms with E-state index >= 15 is 0 Å². The standard InChI is InChI=1S/C13H12N2O5/c1-20-10-4-2-3-9(6-10)15-12(18)8(5-11(16)17)7-14-13(15)19/h2-4,6-7H,5H2,1H3,(H,14,19)(H,16,17). The van der Waals surface area contributed by atoms with Gasteiger partial charge in [0.1, 0.15) is 5.75 Å². The fourth-order valence-corrected chi connectivity index (χ4v) is 1.78. The first-order chi connectivity index (χ1) is 9.52. The summed E-state index contributed by atoms with van der Waals surface area (Å²) in [5.74, 6) is -0.663. The topological polar surface area (TPSA) is 101 Å². The van der Waals surface area contributed by atoms with E-state index in [9.17, 15) is 14.4 Å². The molecule has 2 N–H and O–H groups in total. The molecule has 1 heterocycles. The molecule has 0 aliphatic heterocycles. The SMILES string of the molecule is COc1cccc(-n2c(=O)[nH]cc(CC(=O)O)c2=O)c1. The Morgan fingerprint density at radius 1 is 1.40 bits per heavy atom. The average Bonchev–Trinajstić information content (AvgIpc) is 2.42. The molecule has 2 aromatic rings. The van der Waals surface area contributed by atoms with Crippen LogP contribution in [0.25, 0.3) is 5.69 Å². The molecule has 0 saturated carbocycles. The summed E-state index contributed by atoms with van der Waals surface area (Å²) in [6, 6.07) is 6.37. The van der Waals surface area contributed by atoms with Gasteiger partial charge in [0.15, 0.2) is 0 Å². The second-order valence-corrected chi connectivity index (χ2v) is 4.03. The maximum Gasteiger partial charge on any atom is 0.333 e. The lowest BCUT2D eigenvalue weighted by Gasteiger charge is -2.07. The van der Waals surface area contributed by atoms with Crippen molar-refractivity contribution in [3.63, 3.8) is 0 Å². The Kier molecular flexibility index (Phi) is 3.69. The van der Waals surface area contributed by atoms with E-state index in [2.05, 4.69) is 4.98 Å². The van der Waals surface area contributed by atoms with Crippen LogP contribution in [-0.4, -0.2) is 27.7 Å². The lowest BCUT2D eigenvalue weighted by atomic mass is 10.2. The first-order valence-electron chi connectivity index (χ1n) is 5.72. The highest BCUT2D eigenvalue weighted by Crippen LogP contribution is 2.13. The second kappa shape index (κ2) is 5.43. The molecule has 0 aliphatic rings. The number of carboxylic acids is 1. The number of aromatic amines is 1. The summed E-state index contributed by atoms with van der Waals surface area (Å²) < 4.78 is 5.90. The number of carboxylic acid groups (broad SMARTS) is 1. The highest BCUT2D eigenvalue weighted by molar-refractivity contribution is 5.69. The van der Waals surface area contributed by atoms with Crippen molar-refractivity contribution in [2.75, 3.05) is 7.11 Å². The van der Waals surface area contributed by atoms with Crippen molar-refractivity contribution in [3.8, 4) is 11.4 Å². The summed E-state index contributed by atoms with van der Waals surface area (Å²) in [6.45, 7) is 0. The molecule has 7 heteroatoms. The predicted octanol–water partition coefficient (Wildman–Crippen LogP) is 0.161. The van der Waals surface area contributed by atoms with Crippen molar-refractivity contribution < 1.29 is 14.6 Å². The number of benzene rings is 1. The molecule has 2 rings (SSSR count). The molecule has 0 bridgehead atoms. The van der Waals surface area contributed by atoms with Crippen LogP contribution in [0.15, 0.2) is 40.1 Å². The summed E-state index contributed by atoms with van der Waals surface area (Å²) in [5, 5.41) is 8.74. The van der Waals surface area contributed by atoms with Crippen LogP contribution in [0.5, 0.6) is 5.75 Å². The molecule has 0 unspecified atom stereocenters. The Labute approximate surface area is 113 Å². The van der Waals surface area contributed by atoms with E-state index in [1.54, 1.807) is 18.2 Å². The minimum absolute atomic E-state index is 0.0000742. The van der Waals surface area contributed by atoms with Crippen LogP contribution >= 0.6 is 0 Å². The van der Waals surface area contributed by atoms with Crippen molar-refractivity contribution >= 4 is 5.97 Å². The number of hydrogen-bond acceptors (Lipinski definition) is 4. The Morgan fingerprint density at radius 2 is 2.15 bits per heavy atom. The number of aromatic nitrogens is 2. The lowest BCUT2D eigenvalue weighted by molar-refractivity contribution is -0.136. The van der Waals surface area contributed by atoms with Crippen LogP contribution in [0.1, 0.15) is 5.56 Å². The van der Waals surface area contributed by atoms with Gasteiger partial charge in [-0.15, -0.1) is 0 Å². The molecule has 1 aromatic heterocycles. The van der Waals surface area contributed by atoms with Gasteiger partial charge >= 0.3 is 11.7 Å². The monoisotopic (exact) mass is 276 g/mol. The summed E-state index contributed by atoms with van der Waals surface area (Å²) in [5.41, 5.74) is -0.996. The van der Waals surface area contributed by atoms with Crippen LogP contribution in [0.3, 0.4) is 0 Å². The molecule has 1 aromatic carbocycles. The third-order valence-electron chi connectivity index (χ3n) is 2.70. The third kappa shape index (κ3) is 2.61. The number of hydrogen-bond donors (Lipinski definition) is 2. The number of nitrogens with one attached hydrogen (secondary N) is 1. The zero-order valence-electron chi connectivity index (χ0n) is 10.6. The zero-order valence-corrected chi connectivity index (χ0v) is 10.6. The van der Waals surface area contributed by atoms with Gasteiger partial charge in [0.25, 0.3) is 5.56 Å². The fraction of sp³-hybridized carbons (Fsp3) is 0.154. The molecule has 0 amide bonds.